The summed E-state index contributed by atoms with van der Waals surface area (Å²) in [5.41, 5.74) is 10.9. The lowest BCUT2D eigenvalue weighted by atomic mass is 9.92. The fraction of sp³-hybridized carbons (Fsp3) is 0.444. The van der Waals surface area contributed by atoms with E-state index in [1.54, 1.807) is 0 Å². The van der Waals surface area contributed by atoms with E-state index in [1.165, 1.54) is 0 Å². The lowest BCUT2D eigenvalue weighted by Crippen LogP contribution is -2.42. The molecule has 0 bridgehead atoms. The van der Waals surface area contributed by atoms with Crippen molar-refractivity contribution >= 4 is 23.2 Å². The van der Waals surface area contributed by atoms with Gasteiger partial charge in [-0.25, -0.2) is 0 Å². The number of rotatable bonds is 11. The summed E-state index contributed by atoms with van der Waals surface area (Å²) in [7, 11) is 0. The predicted molar refractivity (Wildman–Crippen MR) is 111 cm³/mol. The number of nitrogens with two attached hydrogens (primary N) is 2. The number of terminal acetylenes is 2. The van der Waals surface area contributed by atoms with Gasteiger partial charge in [0.1, 0.15) is 18.8 Å². The summed E-state index contributed by atoms with van der Waals surface area (Å²) >= 11 is 12.1. The largest absolute Gasteiger partial charge is 0.462 e. The second-order valence-corrected chi connectivity index (χ2v) is 6.57. The standard InChI is InChI=1S/C18H20Cl2N8O2/c1-3-5-10-29-16-25-12(23-14(19)27-16)18(22,8-7-9-21)13-24-15(20)28-17(26-13)30-11-6-4-2/h1-2H,5-11,21-22H2. The molecule has 4 N–H and O–H groups in total. The highest BCUT2D eigenvalue weighted by Gasteiger charge is 2.38. The smallest absolute Gasteiger partial charge is 0.321 e. The zero-order valence-corrected chi connectivity index (χ0v) is 17.5. The monoisotopic (exact) mass is 450 g/mol. The highest BCUT2D eigenvalue weighted by molar-refractivity contribution is 6.28. The molecule has 158 valence electrons. The van der Waals surface area contributed by atoms with Crippen molar-refractivity contribution in [2.45, 2.75) is 31.2 Å². The average Bonchev–Trinajstić information content (AvgIpc) is 2.71. The fourth-order valence-electron chi connectivity index (χ4n) is 2.30. The molecular weight excluding hydrogens is 431 g/mol. The minimum Gasteiger partial charge on any atom is -0.462 e. The molecule has 0 fully saturated rings. The van der Waals surface area contributed by atoms with Crippen molar-refractivity contribution in [2.75, 3.05) is 19.8 Å². The third-order valence-electron chi connectivity index (χ3n) is 3.70. The molecule has 0 aliphatic rings. The first-order valence-electron chi connectivity index (χ1n) is 8.88. The van der Waals surface area contributed by atoms with Crippen LogP contribution in [0.3, 0.4) is 0 Å². The Bertz CT molecular complexity index is 875. The Balaban J connectivity index is 2.48. The van der Waals surface area contributed by atoms with E-state index in [0.717, 1.165) is 0 Å². The van der Waals surface area contributed by atoms with Crippen molar-refractivity contribution in [1.82, 2.24) is 29.9 Å². The summed E-state index contributed by atoms with van der Waals surface area (Å²) in [4.78, 5) is 24.7. The lowest BCUT2D eigenvalue weighted by Gasteiger charge is -2.26. The number of hydrogen-bond donors (Lipinski definition) is 2. The molecule has 0 amide bonds. The number of halogens is 2. The topological polar surface area (TPSA) is 148 Å². The molecule has 2 aromatic rings. The van der Waals surface area contributed by atoms with Crippen LogP contribution in [-0.4, -0.2) is 49.7 Å². The highest BCUT2D eigenvalue weighted by Crippen LogP contribution is 2.29. The SMILES string of the molecule is C#CCCOc1nc(Cl)nc(C(N)(CCCN)c2nc(Cl)nc(OCCC#C)n2)n1. The van der Waals surface area contributed by atoms with E-state index in [0.29, 0.717) is 25.8 Å². The third-order valence-corrected chi connectivity index (χ3v) is 4.04. The van der Waals surface area contributed by atoms with Gasteiger partial charge in [-0.15, -0.1) is 24.7 Å². The van der Waals surface area contributed by atoms with Crippen LogP contribution >= 0.6 is 23.2 Å². The Morgan fingerprint density at radius 2 is 1.30 bits per heavy atom. The molecule has 0 aliphatic heterocycles. The average molecular weight is 451 g/mol. The number of hydrogen-bond acceptors (Lipinski definition) is 10. The van der Waals surface area contributed by atoms with E-state index in [9.17, 15) is 0 Å². The van der Waals surface area contributed by atoms with Gasteiger partial charge in [-0.1, -0.05) is 0 Å². The molecule has 2 heterocycles. The highest BCUT2D eigenvalue weighted by atomic mass is 35.5. The van der Waals surface area contributed by atoms with Crippen LogP contribution in [-0.2, 0) is 5.54 Å². The second kappa shape index (κ2) is 11.4. The molecule has 10 nitrogen and oxygen atoms in total. The van der Waals surface area contributed by atoms with Crippen molar-refractivity contribution in [2.24, 2.45) is 11.5 Å². The maximum absolute atomic E-state index is 6.66. The summed E-state index contributed by atoms with van der Waals surface area (Å²) in [5.74, 6) is 5.04. The first-order valence-corrected chi connectivity index (χ1v) is 9.64. The predicted octanol–water partition coefficient (Wildman–Crippen LogP) is 1.11. The first-order chi connectivity index (χ1) is 14.4. The molecule has 0 atom stereocenters. The van der Waals surface area contributed by atoms with Crippen LogP contribution in [0.5, 0.6) is 12.0 Å². The van der Waals surface area contributed by atoms with Crippen molar-refractivity contribution in [1.29, 1.82) is 0 Å². The molecular formula is C18H20Cl2N8O2. The van der Waals surface area contributed by atoms with Crippen LogP contribution in [0.4, 0.5) is 0 Å². The van der Waals surface area contributed by atoms with Gasteiger partial charge >= 0.3 is 12.0 Å². The summed E-state index contributed by atoms with van der Waals surface area (Å²) < 4.78 is 10.8. The summed E-state index contributed by atoms with van der Waals surface area (Å²) in [6, 6.07) is -0.0676. The van der Waals surface area contributed by atoms with Crippen LogP contribution < -0.4 is 20.9 Å². The van der Waals surface area contributed by atoms with Crippen LogP contribution in [0.2, 0.25) is 10.6 Å². The van der Waals surface area contributed by atoms with Crippen LogP contribution in [0.15, 0.2) is 0 Å². The summed E-state index contributed by atoms with van der Waals surface area (Å²) in [5, 5.41) is -0.243. The third kappa shape index (κ3) is 6.37. The van der Waals surface area contributed by atoms with Crippen LogP contribution in [0.1, 0.15) is 37.3 Å². The zero-order valence-electron chi connectivity index (χ0n) is 16.0. The molecule has 0 aliphatic carbocycles. The Morgan fingerprint density at radius 1 is 0.833 bits per heavy atom. The van der Waals surface area contributed by atoms with Gasteiger partial charge in [-0.3, -0.25) is 0 Å². The van der Waals surface area contributed by atoms with E-state index in [-0.39, 0.29) is 53.9 Å². The zero-order chi connectivity index (χ0) is 22.0. The molecule has 0 radical (unpaired) electrons. The van der Waals surface area contributed by atoms with Gasteiger partial charge in [0.25, 0.3) is 0 Å². The van der Waals surface area contributed by atoms with Gasteiger partial charge in [-0.2, -0.15) is 29.9 Å². The first kappa shape index (κ1) is 23.5. The van der Waals surface area contributed by atoms with E-state index in [4.69, 9.17) is 57.0 Å². The van der Waals surface area contributed by atoms with Gasteiger partial charge in [0.05, 0.1) is 0 Å². The Labute approximate surface area is 184 Å². The van der Waals surface area contributed by atoms with Crippen molar-refractivity contribution in [3.05, 3.63) is 22.2 Å². The number of ether oxygens (including phenoxy) is 2. The maximum atomic E-state index is 6.66. The molecule has 0 aromatic carbocycles. The molecule has 0 saturated heterocycles. The van der Waals surface area contributed by atoms with Gasteiger partial charge in [0.2, 0.25) is 10.6 Å². The van der Waals surface area contributed by atoms with Crippen LogP contribution in [0, 0.1) is 24.7 Å². The summed E-state index contributed by atoms with van der Waals surface area (Å²) in [6.07, 6.45) is 12.0. The van der Waals surface area contributed by atoms with Crippen LogP contribution in [0.25, 0.3) is 0 Å². The van der Waals surface area contributed by atoms with Crippen molar-refractivity contribution in [3.8, 4) is 36.7 Å². The molecule has 12 heteroatoms. The second-order valence-electron chi connectivity index (χ2n) is 5.89. The minimum atomic E-state index is -1.42. The summed E-state index contributed by atoms with van der Waals surface area (Å²) in [6.45, 7) is 0.746. The van der Waals surface area contributed by atoms with E-state index < -0.39 is 5.54 Å². The maximum Gasteiger partial charge on any atom is 0.321 e. The Morgan fingerprint density at radius 3 is 1.70 bits per heavy atom. The van der Waals surface area contributed by atoms with Crippen molar-refractivity contribution in [3.63, 3.8) is 0 Å². The minimum absolute atomic E-state index is 0.0338. The Hall–Kier alpha value is -2.76. The molecule has 0 saturated carbocycles. The fourth-order valence-corrected chi connectivity index (χ4v) is 2.60. The molecule has 0 unspecified atom stereocenters. The van der Waals surface area contributed by atoms with E-state index in [1.807, 2.05) is 0 Å². The normalized spacial score (nSPS) is 10.9. The van der Waals surface area contributed by atoms with E-state index in [2.05, 4.69) is 41.7 Å². The van der Waals surface area contributed by atoms with Gasteiger partial charge in [-0.05, 0) is 42.6 Å². The number of aromatic nitrogens is 6. The number of nitrogens with zero attached hydrogens (tertiary/aromatic N) is 6. The molecule has 2 aromatic heterocycles. The van der Waals surface area contributed by atoms with Gasteiger partial charge in [0.15, 0.2) is 11.6 Å². The van der Waals surface area contributed by atoms with Crippen molar-refractivity contribution < 1.29 is 9.47 Å². The van der Waals surface area contributed by atoms with E-state index >= 15 is 0 Å². The molecule has 30 heavy (non-hydrogen) atoms. The Kier molecular flexibility index (Phi) is 8.96. The van der Waals surface area contributed by atoms with Gasteiger partial charge < -0.3 is 20.9 Å². The van der Waals surface area contributed by atoms with Gasteiger partial charge in [0, 0.05) is 12.8 Å². The molecule has 2 rings (SSSR count). The quantitative estimate of drug-likeness (QED) is 0.376. The lowest BCUT2D eigenvalue weighted by molar-refractivity contribution is 0.287. The molecule has 0 spiro atoms.